The van der Waals surface area contributed by atoms with Gasteiger partial charge in [-0.25, -0.2) is 0 Å². The molecule has 0 aromatic rings. The first-order chi connectivity index (χ1) is 6.17. The molecule has 1 amide bonds. The van der Waals surface area contributed by atoms with Crippen LogP contribution in [0.1, 0.15) is 33.6 Å². The molecule has 0 aromatic carbocycles. The molecule has 78 valence electrons. The van der Waals surface area contributed by atoms with Gasteiger partial charge in [-0.3, -0.25) is 4.79 Å². The van der Waals surface area contributed by atoms with Crippen LogP contribution in [0.3, 0.4) is 0 Å². The molecule has 0 N–H and O–H groups in total. The molecule has 1 unspecified atom stereocenters. The summed E-state index contributed by atoms with van der Waals surface area (Å²) in [5.74, 6) is 0.214. The van der Waals surface area contributed by atoms with E-state index < -0.39 is 0 Å². The molecule has 0 bridgehead atoms. The maximum atomic E-state index is 11.5. The van der Waals surface area contributed by atoms with Crippen molar-refractivity contribution in [1.29, 1.82) is 0 Å². The first kappa shape index (κ1) is 12.4. The molecule has 0 aromatic heterocycles. The van der Waals surface area contributed by atoms with Gasteiger partial charge in [-0.15, -0.1) is 0 Å². The van der Waals surface area contributed by atoms with Gasteiger partial charge in [0.2, 0.25) is 5.91 Å². The van der Waals surface area contributed by atoms with Crippen molar-refractivity contribution in [3.8, 4) is 0 Å². The number of carbonyl (C=O) groups excluding carboxylic acids is 1. The molecule has 3 heteroatoms. The first-order valence-electron chi connectivity index (χ1n) is 4.95. The van der Waals surface area contributed by atoms with Gasteiger partial charge in [0, 0.05) is 26.1 Å². The summed E-state index contributed by atoms with van der Waals surface area (Å²) in [6, 6.07) is 0.322. The van der Waals surface area contributed by atoms with Gasteiger partial charge in [-0.2, -0.15) is 0 Å². The lowest BCUT2D eigenvalue weighted by molar-refractivity contribution is -0.133. The Kier molecular flexibility index (Phi) is 6.59. The van der Waals surface area contributed by atoms with Crippen molar-refractivity contribution in [2.24, 2.45) is 0 Å². The van der Waals surface area contributed by atoms with Gasteiger partial charge < -0.3 is 9.64 Å². The summed E-state index contributed by atoms with van der Waals surface area (Å²) >= 11 is 0. The van der Waals surface area contributed by atoms with Crippen LogP contribution in [0.4, 0.5) is 0 Å². The quantitative estimate of drug-likeness (QED) is 0.633. The van der Waals surface area contributed by atoms with Crippen molar-refractivity contribution >= 4 is 5.91 Å². The SMILES string of the molecule is CCC(=O)N(CCOC)C(C)CC. The number of rotatable bonds is 6. The third-order valence-electron chi connectivity index (χ3n) is 2.28. The van der Waals surface area contributed by atoms with Crippen LogP contribution in [-0.2, 0) is 9.53 Å². The molecule has 0 radical (unpaired) electrons. The number of carbonyl (C=O) groups is 1. The van der Waals surface area contributed by atoms with Gasteiger partial charge >= 0.3 is 0 Å². The second-order valence-corrected chi connectivity index (χ2v) is 3.19. The molecule has 13 heavy (non-hydrogen) atoms. The minimum atomic E-state index is 0.214. The Balaban J connectivity index is 4.09. The van der Waals surface area contributed by atoms with Gasteiger partial charge in [0.25, 0.3) is 0 Å². The van der Waals surface area contributed by atoms with Crippen molar-refractivity contribution in [1.82, 2.24) is 4.90 Å². The summed E-state index contributed by atoms with van der Waals surface area (Å²) in [6.45, 7) is 7.38. The zero-order valence-corrected chi connectivity index (χ0v) is 9.17. The Hall–Kier alpha value is -0.570. The average molecular weight is 187 g/mol. The second-order valence-electron chi connectivity index (χ2n) is 3.19. The van der Waals surface area contributed by atoms with E-state index in [1.165, 1.54) is 0 Å². The highest BCUT2D eigenvalue weighted by molar-refractivity contribution is 5.76. The minimum Gasteiger partial charge on any atom is -0.383 e. The van der Waals surface area contributed by atoms with Crippen LogP contribution < -0.4 is 0 Å². The first-order valence-corrected chi connectivity index (χ1v) is 4.95. The third kappa shape index (κ3) is 4.27. The van der Waals surface area contributed by atoms with Gasteiger partial charge in [0.1, 0.15) is 0 Å². The Morgan fingerprint density at radius 2 is 2.08 bits per heavy atom. The van der Waals surface area contributed by atoms with Crippen LogP contribution in [0, 0.1) is 0 Å². The molecule has 0 spiro atoms. The fourth-order valence-electron chi connectivity index (χ4n) is 1.20. The van der Waals surface area contributed by atoms with Crippen molar-refractivity contribution < 1.29 is 9.53 Å². The second kappa shape index (κ2) is 6.89. The van der Waals surface area contributed by atoms with E-state index in [-0.39, 0.29) is 5.91 Å². The van der Waals surface area contributed by atoms with Crippen LogP contribution in [0.5, 0.6) is 0 Å². The maximum absolute atomic E-state index is 11.5. The number of amides is 1. The topological polar surface area (TPSA) is 29.5 Å². The molecule has 0 fully saturated rings. The smallest absolute Gasteiger partial charge is 0.222 e. The average Bonchev–Trinajstić information content (AvgIpc) is 2.17. The fraction of sp³-hybridized carbons (Fsp3) is 0.900. The maximum Gasteiger partial charge on any atom is 0.222 e. The Bertz CT molecular complexity index is 148. The zero-order valence-electron chi connectivity index (χ0n) is 9.17. The van der Waals surface area contributed by atoms with Crippen molar-refractivity contribution in [2.75, 3.05) is 20.3 Å². The molecule has 3 nitrogen and oxygen atoms in total. The van der Waals surface area contributed by atoms with E-state index in [2.05, 4.69) is 13.8 Å². The summed E-state index contributed by atoms with van der Waals surface area (Å²) in [6.07, 6.45) is 1.57. The number of nitrogens with zero attached hydrogens (tertiary/aromatic N) is 1. The Morgan fingerprint density at radius 1 is 1.46 bits per heavy atom. The molecule has 0 saturated heterocycles. The Labute approximate surface area is 81.1 Å². The summed E-state index contributed by atoms with van der Waals surface area (Å²) in [4.78, 5) is 13.4. The van der Waals surface area contributed by atoms with E-state index in [0.29, 0.717) is 25.6 Å². The number of methoxy groups -OCH3 is 1. The van der Waals surface area contributed by atoms with E-state index in [0.717, 1.165) is 6.42 Å². The van der Waals surface area contributed by atoms with E-state index in [1.54, 1.807) is 7.11 Å². The molecule has 0 aliphatic rings. The predicted octanol–water partition coefficient (Wildman–Crippen LogP) is 1.67. The number of hydrogen-bond acceptors (Lipinski definition) is 2. The molecular weight excluding hydrogens is 166 g/mol. The van der Waals surface area contributed by atoms with Crippen LogP contribution >= 0.6 is 0 Å². The lowest BCUT2D eigenvalue weighted by atomic mass is 10.2. The summed E-state index contributed by atoms with van der Waals surface area (Å²) < 4.78 is 4.97. The summed E-state index contributed by atoms with van der Waals surface area (Å²) in [7, 11) is 1.66. The van der Waals surface area contributed by atoms with E-state index in [1.807, 2.05) is 11.8 Å². The lowest BCUT2D eigenvalue weighted by Gasteiger charge is -2.28. The molecular formula is C10H21NO2. The highest BCUT2D eigenvalue weighted by atomic mass is 16.5. The highest BCUT2D eigenvalue weighted by Crippen LogP contribution is 2.05. The van der Waals surface area contributed by atoms with E-state index >= 15 is 0 Å². The lowest BCUT2D eigenvalue weighted by Crippen LogP contribution is -2.40. The monoisotopic (exact) mass is 187 g/mol. The molecule has 0 saturated carbocycles. The van der Waals surface area contributed by atoms with Gasteiger partial charge in [-0.1, -0.05) is 13.8 Å². The van der Waals surface area contributed by atoms with Crippen molar-refractivity contribution in [3.63, 3.8) is 0 Å². The number of hydrogen-bond donors (Lipinski definition) is 0. The van der Waals surface area contributed by atoms with E-state index in [4.69, 9.17) is 4.74 Å². The van der Waals surface area contributed by atoms with Crippen molar-refractivity contribution in [3.05, 3.63) is 0 Å². The molecule has 0 aliphatic heterocycles. The summed E-state index contributed by atoms with van der Waals surface area (Å²) in [5.41, 5.74) is 0. The van der Waals surface area contributed by atoms with E-state index in [9.17, 15) is 4.79 Å². The molecule has 1 atom stereocenters. The predicted molar refractivity (Wildman–Crippen MR) is 53.6 cm³/mol. The van der Waals surface area contributed by atoms with Gasteiger partial charge in [-0.05, 0) is 13.3 Å². The van der Waals surface area contributed by atoms with Crippen molar-refractivity contribution in [2.45, 2.75) is 39.7 Å². The van der Waals surface area contributed by atoms with Crippen LogP contribution in [0.2, 0.25) is 0 Å². The summed E-state index contributed by atoms with van der Waals surface area (Å²) in [5, 5.41) is 0. The normalized spacial score (nSPS) is 12.6. The molecule has 0 rings (SSSR count). The van der Waals surface area contributed by atoms with Crippen LogP contribution in [0.15, 0.2) is 0 Å². The third-order valence-corrected chi connectivity index (χ3v) is 2.28. The van der Waals surface area contributed by atoms with Gasteiger partial charge in [0.05, 0.1) is 6.61 Å². The standard InChI is InChI=1S/C10H21NO2/c1-5-9(3)11(7-8-13-4)10(12)6-2/h9H,5-8H2,1-4H3. The zero-order chi connectivity index (χ0) is 10.3. The Morgan fingerprint density at radius 3 is 2.46 bits per heavy atom. The number of ether oxygens (including phenoxy) is 1. The molecule has 0 heterocycles. The van der Waals surface area contributed by atoms with Crippen LogP contribution in [0.25, 0.3) is 0 Å². The largest absolute Gasteiger partial charge is 0.383 e. The molecule has 0 aliphatic carbocycles. The highest BCUT2D eigenvalue weighted by Gasteiger charge is 2.16. The minimum absolute atomic E-state index is 0.214. The van der Waals surface area contributed by atoms with Gasteiger partial charge in [0.15, 0.2) is 0 Å². The van der Waals surface area contributed by atoms with Crippen LogP contribution in [-0.4, -0.2) is 37.1 Å². The fourth-order valence-corrected chi connectivity index (χ4v) is 1.20.